The lowest BCUT2D eigenvalue weighted by atomic mass is 10.0. The van der Waals surface area contributed by atoms with E-state index in [1.165, 1.54) is 6.34 Å². The summed E-state index contributed by atoms with van der Waals surface area (Å²) in [6.45, 7) is 6.01. The van der Waals surface area contributed by atoms with Crippen LogP contribution in [-0.2, 0) is 9.57 Å². The number of rotatable bonds is 2. The molecule has 1 heterocycles. The van der Waals surface area contributed by atoms with E-state index in [0.717, 1.165) is 0 Å². The molecule has 1 aliphatic rings. The van der Waals surface area contributed by atoms with Gasteiger partial charge < -0.3 is 14.9 Å². The summed E-state index contributed by atoms with van der Waals surface area (Å²) in [4.78, 5) is 5.09. The van der Waals surface area contributed by atoms with Gasteiger partial charge in [-0.3, -0.25) is 5.73 Å². The SMILES string of the molecule is CCOC1(N)NC=NOC1(C)C. The van der Waals surface area contributed by atoms with Crippen molar-refractivity contribution in [2.45, 2.75) is 32.2 Å². The highest BCUT2D eigenvalue weighted by Crippen LogP contribution is 2.24. The summed E-state index contributed by atoms with van der Waals surface area (Å²) in [6, 6.07) is 0. The molecule has 70 valence electrons. The van der Waals surface area contributed by atoms with Gasteiger partial charge in [0.15, 0.2) is 5.60 Å². The Labute approximate surface area is 71.9 Å². The van der Waals surface area contributed by atoms with Crippen molar-refractivity contribution >= 4 is 6.34 Å². The maximum Gasteiger partial charge on any atom is 0.237 e. The highest BCUT2D eigenvalue weighted by atomic mass is 16.7. The van der Waals surface area contributed by atoms with Crippen LogP contribution in [-0.4, -0.2) is 24.4 Å². The zero-order valence-corrected chi connectivity index (χ0v) is 7.63. The minimum atomic E-state index is -0.997. The van der Waals surface area contributed by atoms with Gasteiger partial charge in [0.2, 0.25) is 5.85 Å². The summed E-state index contributed by atoms with van der Waals surface area (Å²) in [7, 11) is 0. The van der Waals surface area contributed by atoms with Crippen molar-refractivity contribution in [1.29, 1.82) is 0 Å². The van der Waals surface area contributed by atoms with E-state index in [1.54, 1.807) is 0 Å². The summed E-state index contributed by atoms with van der Waals surface area (Å²) in [5, 5.41) is 6.44. The number of hydrogen-bond donors (Lipinski definition) is 2. The van der Waals surface area contributed by atoms with E-state index in [1.807, 2.05) is 20.8 Å². The fourth-order valence-electron chi connectivity index (χ4n) is 0.965. The molecule has 0 saturated carbocycles. The molecule has 0 fully saturated rings. The average molecular weight is 173 g/mol. The van der Waals surface area contributed by atoms with Gasteiger partial charge in [-0.1, -0.05) is 5.16 Å². The molecule has 0 aromatic rings. The summed E-state index contributed by atoms with van der Waals surface area (Å²) >= 11 is 0. The first-order valence-electron chi connectivity index (χ1n) is 3.92. The smallest absolute Gasteiger partial charge is 0.237 e. The highest BCUT2D eigenvalue weighted by molar-refractivity contribution is 5.55. The van der Waals surface area contributed by atoms with Crippen LogP contribution in [0.1, 0.15) is 20.8 Å². The second-order valence-electron chi connectivity index (χ2n) is 3.15. The van der Waals surface area contributed by atoms with E-state index in [4.69, 9.17) is 15.3 Å². The first-order valence-corrected chi connectivity index (χ1v) is 3.92. The lowest BCUT2D eigenvalue weighted by molar-refractivity contribution is -0.206. The summed E-state index contributed by atoms with van der Waals surface area (Å²) < 4.78 is 5.34. The van der Waals surface area contributed by atoms with Crippen molar-refractivity contribution in [1.82, 2.24) is 5.32 Å². The summed E-state index contributed by atoms with van der Waals surface area (Å²) in [5.74, 6) is -0.997. The quantitative estimate of drug-likeness (QED) is 0.576. The zero-order valence-electron chi connectivity index (χ0n) is 7.63. The number of oxime groups is 1. The second kappa shape index (κ2) is 2.91. The Morgan fingerprint density at radius 3 is 2.83 bits per heavy atom. The molecule has 0 spiro atoms. The Balaban J connectivity index is 2.79. The van der Waals surface area contributed by atoms with Gasteiger partial charge >= 0.3 is 0 Å². The van der Waals surface area contributed by atoms with Crippen molar-refractivity contribution in [3.8, 4) is 0 Å². The molecule has 0 amide bonds. The van der Waals surface area contributed by atoms with Crippen LogP contribution in [0.3, 0.4) is 0 Å². The molecule has 3 N–H and O–H groups in total. The minimum Gasteiger partial charge on any atom is -0.382 e. The number of hydrogen-bond acceptors (Lipinski definition) is 5. The lowest BCUT2D eigenvalue weighted by Crippen LogP contribution is -2.70. The Hall–Kier alpha value is -0.810. The third-order valence-electron chi connectivity index (χ3n) is 1.88. The van der Waals surface area contributed by atoms with Crippen LogP contribution < -0.4 is 11.1 Å². The van der Waals surface area contributed by atoms with E-state index in [-0.39, 0.29) is 0 Å². The third-order valence-corrected chi connectivity index (χ3v) is 1.88. The molecule has 5 nitrogen and oxygen atoms in total. The second-order valence-corrected chi connectivity index (χ2v) is 3.15. The van der Waals surface area contributed by atoms with E-state index in [2.05, 4.69) is 10.5 Å². The summed E-state index contributed by atoms with van der Waals surface area (Å²) in [5.41, 5.74) is 5.23. The van der Waals surface area contributed by atoms with Gasteiger partial charge in [0, 0.05) is 6.61 Å². The van der Waals surface area contributed by atoms with Gasteiger partial charge in [-0.25, -0.2) is 0 Å². The number of ether oxygens (including phenoxy) is 1. The standard InChI is InChI=1S/C7H15N3O2/c1-4-11-7(8)6(2,3)12-10-5-9-7/h5H,4,8H2,1-3H3,(H,9,10). The topological polar surface area (TPSA) is 68.9 Å². The van der Waals surface area contributed by atoms with Crippen molar-refractivity contribution in [2.75, 3.05) is 6.61 Å². The van der Waals surface area contributed by atoms with E-state index >= 15 is 0 Å². The van der Waals surface area contributed by atoms with Crippen LogP contribution in [0.15, 0.2) is 5.16 Å². The summed E-state index contributed by atoms with van der Waals surface area (Å²) in [6.07, 6.45) is 1.39. The van der Waals surface area contributed by atoms with Gasteiger partial charge in [0.1, 0.15) is 6.34 Å². The van der Waals surface area contributed by atoms with Crippen LogP contribution in [0.4, 0.5) is 0 Å². The number of nitrogens with one attached hydrogen (secondary N) is 1. The maximum atomic E-state index is 5.90. The third kappa shape index (κ3) is 1.37. The fourth-order valence-corrected chi connectivity index (χ4v) is 0.965. The molecule has 0 radical (unpaired) electrons. The predicted molar refractivity (Wildman–Crippen MR) is 45.3 cm³/mol. The molecule has 1 atom stereocenters. The van der Waals surface area contributed by atoms with Gasteiger partial charge in [-0.2, -0.15) is 0 Å². The van der Waals surface area contributed by atoms with Crippen LogP contribution in [0, 0.1) is 0 Å². The van der Waals surface area contributed by atoms with Crippen molar-refractivity contribution in [3.63, 3.8) is 0 Å². The Bertz CT molecular complexity index is 193. The van der Waals surface area contributed by atoms with Crippen LogP contribution in [0.5, 0.6) is 0 Å². The van der Waals surface area contributed by atoms with E-state index in [0.29, 0.717) is 6.61 Å². The highest BCUT2D eigenvalue weighted by Gasteiger charge is 2.47. The molecule has 1 aliphatic heterocycles. The molecule has 0 aromatic carbocycles. The molecule has 0 bridgehead atoms. The predicted octanol–water partition coefficient (Wildman–Crippen LogP) is -0.0229. The van der Waals surface area contributed by atoms with Crippen LogP contribution >= 0.6 is 0 Å². The van der Waals surface area contributed by atoms with Gasteiger partial charge in [-0.05, 0) is 20.8 Å². The first kappa shape index (κ1) is 9.28. The monoisotopic (exact) mass is 173 g/mol. The van der Waals surface area contributed by atoms with Crippen molar-refractivity contribution < 1.29 is 9.57 Å². The number of nitrogens with two attached hydrogens (primary N) is 1. The first-order chi connectivity index (χ1) is 5.52. The number of nitrogens with zero attached hydrogens (tertiary/aromatic N) is 1. The Morgan fingerprint density at radius 2 is 2.33 bits per heavy atom. The molecule has 5 heteroatoms. The Kier molecular flexibility index (Phi) is 2.25. The zero-order chi connectivity index (χ0) is 9.24. The normalized spacial score (nSPS) is 32.3. The Morgan fingerprint density at radius 1 is 1.67 bits per heavy atom. The largest absolute Gasteiger partial charge is 0.382 e. The van der Waals surface area contributed by atoms with E-state index < -0.39 is 11.4 Å². The van der Waals surface area contributed by atoms with Crippen LogP contribution in [0.2, 0.25) is 0 Å². The van der Waals surface area contributed by atoms with Gasteiger partial charge in [0.25, 0.3) is 0 Å². The van der Waals surface area contributed by atoms with Crippen molar-refractivity contribution in [2.24, 2.45) is 10.9 Å². The molecule has 0 aliphatic carbocycles. The molecule has 0 aromatic heterocycles. The molecule has 1 unspecified atom stereocenters. The van der Waals surface area contributed by atoms with Crippen molar-refractivity contribution in [3.05, 3.63) is 0 Å². The molecular weight excluding hydrogens is 158 g/mol. The molecule has 1 rings (SSSR count). The molecular formula is C7H15N3O2. The maximum absolute atomic E-state index is 5.90. The molecule has 12 heavy (non-hydrogen) atoms. The fraction of sp³-hybridized carbons (Fsp3) is 0.857. The average Bonchev–Trinajstić information content (AvgIpc) is 1.96. The molecule has 0 saturated heterocycles. The van der Waals surface area contributed by atoms with Crippen LogP contribution in [0.25, 0.3) is 0 Å². The lowest BCUT2D eigenvalue weighted by Gasteiger charge is -2.42. The van der Waals surface area contributed by atoms with Gasteiger partial charge in [-0.15, -0.1) is 0 Å². The van der Waals surface area contributed by atoms with E-state index in [9.17, 15) is 0 Å². The minimum absolute atomic E-state index is 0.518. The van der Waals surface area contributed by atoms with Gasteiger partial charge in [0.05, 0.1) is 0 Å².